The standard InChI is InChI=1S/C22H26N6O2/c1-13-11-14(2)23-19-18(13)20(26-27(19)6)30-12-17(29)25-21-24-15-9-7-8-10-16(15)28(21)22(3,4)5/h7-11H,12H2,1-6H3,(H,24,25,29). The van der Waals surface area contributed by atoms with E-state index < -0.39 is 0 Å². The summed E-state index contributed by atoms with van der Waals surface area (Å²) >= 11 is 0. The number of benzene rings is 1. The van der Waals surface area contributed by atoms with Gasteiger partial charge in [0.05, 0.1) is 16.4 Å². The summed E-state index contributed by atoms with van der Waals surface area (Å²) in [5, 5.41) is 8.10. The van der Waals surface area contributed by atoms with Gasteiger partial charge in [0.2, 0.25) is 11.8 Å². The van der Waals surface area contributed by atoms with Gasteiger partial charge in [-0.3, -0.25) is 10.1 Å². The maximum Gasteiger partial charge on any atom is 0.264 e. The quantitative estimate of drug-likeness (QED) is 0.558. The smallest absolute Gasteiger partial charge is 0.264 e. The van der Waals surface area contributed by atoms with Crippen LogP contribution in [0.2, 0.25) is 0 Å². The molecule has 0 aliphatic heterocycles. The van der Waals surface area contributed by atoms with Crippen molar-refractivity contribution < 1.29 is 9.53 Å². The molecule has 4 rings (SSSR count). The molecular weight excluding hydrogens is 380 g/mol. The number of hydrogen-bond donors (Lipinski definition) is 1. The van der Waals surface area contributed by atoms with Crippen LogP contribution in [0.1, 0.15) is 32.0 Å². The number of para-hydroxylation sites is 2. The Morgan fingerprint density at radius 2 is 1.90 bits per heavy atom. The van der Waals surface area contributed by atoms with Gasteiger partial charge in [0.25, 0.3) is 5.91 Å². The molecule has 0 spiro atoms. The van der Waals surface area contributed by atoms with E-state index in [1.165, 1.54) is 0 Å². The van der Waals surface area contributed by atoms with Crippen molar-refractivity contribution in [2.45, 2.75) is 40.2 Å². The fraction of sp³-hybridized carbons (Fsp3) is 0.364. The second-order valence-electron chi connectivity index (χ2n) is 8.48. The predicted molar refractivity (Wildman–Crippen MR) is 117 cm³/mol. The highest BCUT2D eigenvalue weighted by Crippen LogP contribution is 2.29. The molecule has 0 aliphatic rings. The lowest BCUT2D eigenvalue weighted by molar-refractivity contribution is -0.118. The molecule has 0 atom stereocenters. The molecule has 8 heteroatoms. The first-order chi connectivity index (χ1) is 14.1. The molecule has 0 unspecified atom stereocenters. The van der Waals surface area contributed by atoms with Crippen molar-refractivity contribution in [1.29, 1.82) is 0 Å². The van der Waals surface area contributed by atoms with Crippen LogP contribution in [0, 0.1) is 13.8 Å². The van der Waals surface area contributed by atoms with Crippen LogP contribution < -0.4 is 10.1 Å². The highest BCUT2D eigenvalue weighted by molar-refractivity contribution is 5.93. The summed E-state index contributed by atoms with van der Waals surface area (Å²) in [4.78, 5) is 21.8. The van der Waals surface area contributed by atoms with Gasteiger partial charge in [-0.15, -0.1) is 5.10 Å². The Bertz CT molecular complexity index is 1260. The van der Waals surface area contributed by atoms with Gasteiger partial charge in [-0.05, 0) is 58.4 Å². The molecule has 1 amide bonds. The van der Waals surface area contributed by atoms with Gasteiger partial charge in [0, 0.05) is 18.3 Å². The first-order valence-corrected chi connectivity index (χ1v) is 9.86. The number of nitrogens with zero attached hydrogens (tertiary/aromatic N) is 5. The number of aromatic nitrogens is 5. The molecule has 0 saturated carbocycles. The average Bonchev–Trinajstić information content (AvgIpc) is 3.17. The van der Waals surface area contributed by atoms with Crippen molar-refractivity contribution in [2.75, 3.05) is 11.9 Å². The first kappa shape index (κ1) is 19.9. The third-order valence-corrected chi connectivity index (χ3v) is 4.91. The van der Waals surface area contributed by atoms with E-state index in [2.05, 4.69) is 41.2 Å². The summed E-state index contributed by atoms with van der Waals surface area (Å²) in [7, 11) is 1.81. The SMILES string of the molecule is Cc1cc(C)c2c(OCC(=O)Nc3nc4ccccc4n3C(C)(C)C)nn(C)c2n1. The number of carbonyl (C=O) groups excluding carboxylic acids is 1. The zero-order valence-electron chi connectivity index (χ0n) is 18.1. The Morgan fingerprint density at radius 1 is 1.17 bits per heavy atom. The largest absolute Gasteiger partial charge is 0.466 e. The van der Waals surface area contributed by atoms with Crippen molar-refractivity contribution >= 4 is 33.9 Å². The van der Waals surface area contributed by atoms with Crippen molar-refractivity contribution in [3.63, 3.8) is 0 Å². The fourth-order valence-electron chi connectivity index (χ4n) is 3.73. The number of amides is 1. The minimum Gasteiger partial charge on any atom is -0.466 e. The number of hydrogen-bond acceptors (Lipinski definition) is 5. The number of ether oxygens (including phenoxy) is 1. The van der Waals surface area contributed by atoms with E-state index in [9.17, 15) is 4.79 Å². The third kappa shape index (κ3) is 3.49. The maximum atomic E-state index is 12.7. The molecule has 3 heterocycles. The van der Waals surface area contributed by atoms with Crippen LogP contribution in [-0.2, 0) is 17.4 Å². The molecule has 30 heavy (non-hydrogen) atoms. The van der Waals surface area contributed by atoms with E-state index >= 15 is 0 Å². The number of aryl methyl sites for hydroxylation is 3. The molecular formula is C22H26N6O2. The Kier molecular flexibility index (Phi) is 4.72. The minimum absolute atomic E-state index is 0.174. The highest BCUT2D eigenvalue weighted by atomic mass is 16.5. The summed E-state index contributed by atoms with van der Waals surface area (Å²) in [6.07, 6.45) is 0. The van der Waals surface area contributed by atoms with Gasteiger partial charge in [0.15, 0.2) is 12.3 Å². The highest BCUT2D eigenvalue weighted by Gasteiger charge is 2.23. The van der Waals surface area contributed by atoms with E-state index in [1.807, 2.05) is 55.8 Å². The maximum absolute atomic E-state index is 12.7. The van der Waals surface area contributed by atoms with Crippen LogP contribution in [0.4, 0.5) is 5.95 Å². The van der Waals surface area contributed by atoms with Crippen molar-refractivity contribution in [3.05, 3.63) is 41.6 Å². The number of pyridine rings is 1. The second-order valence-corrected chi connectivity index (χ2v) is 8.48. The van der Waals surface area contributed by atoms with Crippen LogP contribution in [-0.4, -0.2) is 36.8 Å². The number of imidazole rings is 1. The van der Waals surface area contributed by atoms with E-state index in [1.54, 1.807) is 4.68 Å². The summed E-state index contributed by atoms with van der Waals surface area (Å²) in [5.74, 6) is 0.598. The molecule has 0 aliphatic carbocycles. The summed E-state index contributed by atoms with van der Waals surface area (Å²) in [6, 6.07) is 9.80. The van der Waals surface area contributed by atoms with E-state index in [-0.39, 0.29) is 18.1 Å². The molecule has 0 radical (unpaired) electrons. The van der Waals surface area contributed by atoms with Gasteiger partial charge in [-0.2, -0.15) is 0 Å². The number of nitrogens with one attached hydrogen (secondary N) is 1. The Morgan fingerprint density at radius 3 is 2.63 bits per heavy atom. The van der Waals surface area contributed by atoms with Gasteiger partial charge in [-0.1, -0.05) is 12.1 Å². The first-order valence-electron chi connectivity index (χ1n) is 9.86. The predicted octanol–water partition coefficient (Wildman–Crippen LogP) is 3.71. The fourth-order valence-corrected chi connectivity index (χ4v) is 3.73. The molecule has 0 bridgehead atoms. The Hall–Kier alpha value is -3.42. The topological polar surface area (TPSA) is 86.9 Å². The monoisotopic (exact) mass is 406 g/mol. The lowest BCUT2D eigenvalue weighted by Crippen LogP contribution is -2.28. The zero-order valence-corrected chi connectivity index (χ0v) is 18.1. The Balaban J connectivity index is 1.58. The van der Waals surface area contributed by atoms with E-state index in [4.69, 9.17) is 4.74 Å². The zero-order chi connectivity index (χ0) is 21.6. The normalized spacial score (nSPS) is 11.9. The number of rotatable bonds is 4. The number of carbonyl (C=O) groups is 1. The van der Waals surface area contributed by atoms with Crippen LogP contribution >= 0.6 is 0 Å². The van der Waals surface area contributed by atoms with Crippen LogP contribution in [0.25, 0.3) is 22.1 Å². The second kappa shape index (κ2) is 7.12. The number of anilines is 1. The number of fused-ring (bicyclic) bond motifs is 2. The molecule has 4 aromatic rings. The summed E-state index contributed by atoms with van der Waals surface area (Å²) < 4.78 is 9.46. The van der Waals surface area contributed by atoms with E-state index in [0.717, 1.165) is 33.3 Å². The summed E-state index contributed by atoms with van der Waals surface area (Å²) in [6.45, 7) is 9.97. The van der Waals surface area contributed by atoms with Crippen LogP contribution in [0.15, 0.2) is 30.3 Å². The van der Waals surface area contributed by atoms with Gasteiger partial charge >= 0.3 is 0 Å². The molecule has 1 aromatic carbocycles. The Labute approximate surface area is 174 Å². The molecule has 1 N–H and O–H groups in total. The van der Waals surface area contributed by atoms with Crippen LogP contribution in [0.3, 0.4) is 0 Å². The molecule has 3 aromatic heterocycles. The molecule has 8 nitrogen and oxygen atoms in total. The van der Waals surface area contributed by atoms with Crippen molar-refractivity contribution in [3.8, 4) is 5.88 Å². The van der Waals surface area contributed by atoms with Gasteiger partial charge < -0.3 is 9.30 Å². The third-order valence-electron chi connectivity index (χ3n) is 4.91. The average molecular weight is 406 g/mol. The van der Waals surface area contributed by atoms with Gasteiger partial charge in [-0.25, -0.2) is 14.6 Å². The van der Waals surface area contributed by atoms with E-state index in [0.29, 0.717) is 11.8 Å². The van der Waals surface area contributed by atoms with Gasteiger partial charge in [0.1, 0.15) is 0 Å². The summed E-state index contributed by atoms with van der Waals surface area (Å²) in [5.41, 5.74) is 4.20. The lowest BCUT2D eigenvalue weighted by Gasteiger charge is -2.24. The van der Waals surface area contributed by atoms with Crippen molar-refractivity contribution in [2.24, 2.45) is 7.05 Å². The molecule has 0 fully saturated rings. The minimum atomic E-state index is -0.299. The molecule has 156 valence electrons. The van der Waals surface area contributed by atoms with Crippen molar-refractivity contribution in [1.82, 2.24) is 24.3 Å². The van der Waals surface area contributed by atoms with Crippen LogP contribution in [0.5, 0.6) is 5.88 Å². The molecule has 0 saturated heterocycles. The lowest BCUT2D eigenvalue weighted by atomic mass is 10.1.